The van der Waals surface area contributed by atoms with E-state index in [9.17, 15) is 0 Å². The maximum absolute atomic E-state index is 5.78. The normalized spacial score (nSPS) is 11.5. The standard InChI is InChI=1S/C10H13ClN4/c1-3-7(4-2)10-14-13-9-5-8(11)12-6-15(9)10/h5-7H,3-4H2,1-2H3. The average molecular weight is 225 g/mol. The van der Waals surface area contributed by atoms with Crippen molar-refractivity contribution in [2.75, 3.05) is 0 Å². The first-order valence-corrected chi connectivity index (χ1v) is 5.50. The van der Waals surface area contributed by atoms with Crippen LogP contribution in [-0.2, 0) is 0 Å². The number of hydrogen-bond donors (Lipinski definition) is 0. The van der Waals surface area contributed by atoms with Crippen molar-refractivity contribution in [1.29, 1.82) is 0 Å². The summed E-state index contributed by atoms with van der Waals surface area (Å²) in [5.41, 5.74) is 0.761. The molecule has 2 heterocycles. The van der Waals surface area contributed by atoms with Crippen LogP contribution in [0.3, 0.4) is 0 Å². The van der Waals surface area contributed by atoms with Crippen LogP contribution in [-0.4, -0.2) is 19.6 Å². The van der Waals surface area contributed by atoms with Gasteiger partial charge in [0.05, 0.1) is 0 Å². The third-order valence-corrected chi connectivity index (χ3v) is 2.85. The second-order valence-electron chi connectivity index (χ2n) is 3.51. The minimum Gasteiger partial charge on any atom is -0.269 e. The van der Waals surface area contributed by atoms with Crippen molar-refractivity contribution in [3.8, 4) is 0 Å². The van der Waals surface area contributed by atoms with E-state index in [0.717, 1.165) is 24.3 Å². The molecule has 0 aromatic carbocycles. The van der Waals surface area contributed by atoms with Crippen molar-refractivity contribution in [2.24, 2.45) is 0 Å². The van der Waals surface area contributed by atoms with Gasteiger partial charge in [-0.05, 0) is 12.8 Å². The number of rotatable bonds is 3. The molecule has 2 aromatic rings. The molecule has 0 spiro atoms. The minimum absolute atomic E-state index is 0.433. The molecule has 15 heavy (non-hydrogen) atoms. The van der Waals surface area contributed by atoms with E-state index in [1.807, 2.05) is 4.40 Å². The lowest BCUT2D eigenvalue weighted by atomic mass is 10.0. The summed E-state index contributed by atoms with van der Waals surface area (Å²) in [5.74, 6) is 1.40. The fourth-order valence-corrected chi connectivity index (χ4v) is 1.86. The lowest BCUT2D eigenvalue weighted by Crippen LogP contribution is -2.02. The van der Waals surface area contributed by atoms with E-state index >= 15 is 0 Å². The van der Waals surface area contributed by atoms with Crippen LogP contribution in [0, 0.1) is 0 Å². The zero-order valence-corrected chi connectivity index (χ0v) is 9.57. The third-order valence-electron chi connectivity index (χ3n) is 2.64. The topological polar surface area (TPSA) is 43.1 Å². The molecule has 0 saturated heterocycles. The highest BCUT2D eigenvalue weighted by atomic mass is 35.5. The van der Waals surface area contributed by atoms with E-state index in [1.165, 1.54) is 0 Å². The summed E-state index contributed by atoms with van der Waals surface area (Å²) in [6, 6.07) is 1.72. The number of halogens is 1. The summed E-state index contributed by atoms with van der Waals surface area (Å²) in [6.45, 7) is 4.30. The molecule has 0 radical (unpaired) electrons. The zero-order valence-electron chi connectivity index (χ0n) is 8.81. The molecule has 0 N–H and O–H groups in total. The van der Waals surface area contributed by atoms with E-state index in [4.69, 9.17) is 11.6 Å². The van der Waals surface area contributed by atoms with E-state index in [1.54, 1.807) is 12.4 Å². The Morgan fingerprint density at radius 2 is 2.07 bits per heavy atom. The average Bonchev–Trinajstić information content (AvgIpc) is 2.63. The quantitative estimate of drug-likeness (QED) is 0.753. The monoisotopic (exact) mass is 224 g/mol. The Labute approximate surface area is 93.3 Å². The van der Waals surface area contributed by atoms with Gasteiger partial charge in [-0.15, -0.1) is 10.2 Å². The van der Waals surface area contributed by atoms with Crippen LogP contribution in [0.25, 0.3) is 5.65 Å². The molecule has 0 unspecified atom stereocenters. The Morgan fingerprint density at radius 3 is 2.73 bits per heavy atom. The van der Waals surface area contributed by atoms with Crippen molar-refractivity contribution in [3.05, 3.63) is 23.4 Å². The van der Waals surface area contributed by atoms with Crippen LogP contribution in [0.4, 0.5) is 0 Å². The first kappa shape index (κ1) is 10.4. The van der Waals surface area contributed by atoms with Crippen molar-refractivity contribution in [2.45, 2.75) is 32.6 Å². The van der Waals surface area contributed by atoms with E-state index in [-0.39, 0.29) is 0 Å². The molecule has 0 aliphatic carbocycles. The fourth-order valence-electron chi connectivity index (χ4n) is 1.72. The van der Waals surface area contributed by atoms with Crippen molar-refractivity contribution in [3.63, 3.8) is 0 Å². The van der Waals surface area contributed by atoms with Gasteiger partial charge in [0.25, 0.3) is 0 Å². The van der Waals surface area contributed by atoms with Crippen molar-refractivity contribution < 1.29 is 0 Å². The number of aromatic nitrogens is 4. The van der Waals surface area contributed by atoms with E-state index < -0.39 is 0 Å². The third kappa shape index (κ3) is 1.81. The Morgan fingerprint density at radius 1 is 1.33 bits per heavy atom. The summed E-state index contributed by atoms with van der Waals surface area (Å²) >= 11 is 5.78. The van der Waals surface area contributed by atoms with Gasteiger partial charge in [-0.1, -0.05) is 25.4 Å². The zero-order chi connectivity index (χ0) is 10.8. The van der Waals surface area contributed by atoms with Gasteiger partial charge < -0.3 is 0 Å². The van der Waals surface area contributed by atoms with E-state index in [2.05, 4.69) is 29.0 Å². The summed E-state index contributed by atoms with van der Waals surface area (Å²) in [7, 11) is 0. The van der Waals surface area contributed by atoms with Gasteiger partial charge in [-0.25, -0.2) is 4.98 Å². The minimum atomic E-state index is 0.433. The molecule has 5 heteroatoms. The lowest BCUT2D eigenvalue weighted by Gasteiger charge is -2.09. The molecule has 0 aliphatic heterocycles. The SMILES string of the molecule is CCC(CC)c1nnc2cc(Cl)ncn12. The number of hydrogen-bond acceptors (Lipinski definition) is 3. The predicted octanol–water partition coefficient (Wildman–Crippen LogP) is 2.68. The van der Waals surface area contributed by atoms with Gasteiger partial charge in [0.1, 0.15) is 17.3 Å². The second kappa shape index (κ2) is 4.14. The smallest absolute Gasteiger partial charge is 0.165 e. The molecule has 2 rings (SSSR count). The highest BCUT2D eigenvalue weighted by molar-refractivity contribution is 6.29. The Balaban J connectivity index is 2.53. The number of fused-ring (bicyclic) bond motifs is 1. The van der Waals surface area contributed by atoms with Crippen molar-refractivity contribution >= 4 is 17.2 Å². The Bertz CT molecular complexity index is 461. The molecule has 0 saturated carbocycles. The van der Waals surface area contributed by atoms with Crippen LogP contribution in [0.2, 0.25) is 5.15 Å². The Hall–Kier alpha value is -1.16. The maximum Gasteiger partial charge on any atom is 0.165 e. The largest absolute Gasteiger partial charge is 0.269 e. The molecular formula is C10H13ClN4. The summed E-state index contributed by atoms with van der Waals surface area (Å²) in [5, 5.41) is 8.73. The van der Waals surface area contributed by atoms with Gasteiger partial charge in [0, 0.05) is 12.0 Å². The summed E-state index contributed by atoms with van der Waals surface area (Å²) in [6.07, 6.45) is 3.80. The fraction of sp³-hybridized carbons (Fsp3) is 0.500. The van der Waals surface area contributed by atoms with Crippen LogP contribution in [0.15, 0.2) is 12.4 Å². The summed E-state index contributed by atoms with van der Waals surface area (Å²) in [4.78, 5) is 4.04. The highest BCUT2D eigenvalue weighted by Gasteiger charge is 2.14. The van der Waals surface area contributed by atoms with E-state index in [0.29, 0.717) is 11.1 Å². The second-order valence-corrected chi connectivity index (χ2v) is 3.90. The van der Waals surface area contributed by atoms with Crippen LogP contribution in [0.5, 0.6) is 0 Å². The molecule has 0 fully saturated rings. The summed E-state index contributed by atoms with van der Waals surface area (Å²) < 4.78 is 1.91. The van der Waals surface area contributed by atoms with Crippen LogP contribution >= 0.6 is 11.6 Å². The molecule has 0 bridgehead atoms. The molecule has 80 valence electrons. The Kier molecular flexibility index (Phi) is 2.86. The predicted molar refractivity (Wildman–Crippen MR) is 59.1 cm³/mol. The highest BCUT2D eigenvalue weighted by Crippen LogP contribution is 2.21. The van der Waals surface area contributed by atoms with Gasteiger partial charge in [0.15, 0.2) is 5.65 Å². The molecule has 0 amide bonds. The van der Waals surface area contributed by atoms with Gasteiger partial charge in [0.2, 0.25) is 0 Å². The van der Waals surface area contributed by atoms with Crippen molar-refractivity contribution in [1.82, 2.24) is 19.6 Å². The van der Waals surface area contributed by atoms with Gasteiger partial charge in [-0.2, -0.15) is 0 Å². The lowest BCUT2D eigenvalue weighted by molar-refractivity contribution is 0.594. The maximum atomic E-state index is 5.78. The first-order valence-electron chi connectivity index (χ1n) is 5.12. The first-order chi connectivity index (χ1) is 7.26. The van der Waals surface area contributed by atoms with Gasteiger partial charge in [-0.3, -0.25) is 4.40 Å². The molecule has 4 nitrogen and oxygen atoms in total. The molecular weight excluding hydrogens is 212 g/mol. The van der Waals surface area contributed by atoms with Crippen LogP contribution < -0.4 is 0 Å². The van der Waals surface area contributed by atoms with Gasteiger partial charge >= 0.3 is 0 Å². The molecule has 0 aliphatic rings. The molecule has 0 atom stereocenters. The van der Waals surface area contributed by atoms with Crippen LogP contribution in [0.1, 0.15) is 38.4 Å². The molecule has 2 aromatic heterocycles. The number of nitrogens with zero attached hydrogens (tertiary/aromatic N) is 4.